The molecule has 0 bridgehead atoms. The second-order valence-electron chi connectivity index (χ2n) is 4.12. The van der Waals surface area contributed by atoms with E-state index in [4.69, 9.17) is 11.6 Å². The van der Waals surface area contributed by atoms with Gasteiger partial charge >= 0.3 is 0 Å². The van der Waals surface area contributed by atoms with Gasteiger partial charge in [-0.1, -0.05) is 6.07 Å². The lowest BCUT2D eigenvalue weighted by Gasteiger charge is -2.19. The molecule has 1 heterocycles. The Kier molecular flexibility index (Phi) is 5.78. The highest BCUT2D eigenvalue weighted by Crippen LogP contribution is 2.32. The van der Waals surface area contributed by atoms with E-state index in [0.29, 0.717) is 11.9 Å². The smallest absolute Gasteiger partial charge is 0.233 e. The number of rotatable bonds is 5. The predicted octanol–water partition coefficient (Wildman–Crippen LogP) is 4.64. The Balaban J connectivity index is 2.36. The van der Waals surface area contributed by atoms with Gasteiger partial charge in [-0.05, 0) is 69.4 Å². The van der Waals surface area contributed by atoms with Gasteiger partial charge in [-0.3, -0.25) is 0 Å². The number of benzene rings is 1. The van der Waals surface area contributed by atoms with E-state index in [1.54, 1.807) is 0 Å². The largest absolute Gasteiger partial charge is 0.341 e. The van der Waals surface area contributed by atoms with Crippen molar-refractivity contribution in [3.05, 3.63) is 32.4 Å². The lowest BCUT2D eigenvalue weighted by atomic mass is 10.3. The SMILES string of the molecule is CCN(CC)c1nc(Cl)nc(Nc2c(Br)cccc2Br)n1. The number of hydrogen-bond acceptors (Lipinski definition) is 5. The van der Waals surface area contributed by atoms with E-state index in [9.17, 15) is 0 Å². The summed E-state index contributed by atoms with van der Waals surface area (Å²) in [4.78, 5) is 14.7. The first-order valence-corrected chi connectivity index (χ1v) is 8.39. The summed E-state index contributed by atoms with van der Waals surface area (Å²) in [6, 6.07) is 5.80. The van der Waals surface area contributed by atoms with E-state index in [1.807, 2.05) is 36.9 Å². The molecule has 1 aromatic carbocycles. The van der Waals surface area contributed by atoms with Crippen molar-refractivity contribution in [1.29, 1.82) is 0 Å². The van der Waals surface area contributed by atoms with E-state index in [-0.39, 0.29) is 5.28 Å². The summed E-state index contributed by atoms with van der Waals surface area (Å²) in [6.45, 7) is 5.68. The highest BCUT2D eigenvalue weighted by molar-refractivity contribution is 9.11. The van der Waals surface area contributed by atoms with Crippen LogP contribution in [0.3, 0.4) is 0 Å². The summed E-state index contributed by atoms with van der Waals surface area (Å²) in [7, 11) is 0. The van der Waals surface area contributed by atoms with Gasteiger partial charge in [0.05, 0.1) is 5.69 Å². The van der Waals surface area contributed by atoms with Crippen molar-refractivity contribution >= 4 is 61.0 Å². The molecule has 0 saturated carbocycles. The lowest BCUT2D eigenvalue weighted by molar-refractivity contribution is 0.813. The Labute approximate surface area is 145 Å². The first-order valence-electron chi connectivity index (χ1n) is 6.42. The minimum absolute atomic E-state index is 0.164. The summed E-state index contributed by atoms with van der Waals surface area (Å²) < 4.78 is 1.80. The van der Waals surface area contributed by atoms with Crippen LogP contribution in [0.25, 0.3) is 0 Å². The van der Waals surface area contributed by atoms with Crippen molar-refractivity contribution in [3.8, 4) is 0 Å². The van der Waals surface area contributed by atoms with Gasteiger partial charge in [-0.25, -0.2) is 0 Å². The molecular formula is C13H14Br2ClN5. The van der Waals surface area contributed by atoms with Crippen LogP contribution in [-0.2, 0) is 0 Å². The predicted molar refractivity (Wildman–Crippen MR) is 93.5 cm³/mol. The average Bonchev–Trinajstić information content (AvgIpc) is 2.44. The van der Waals surface area contributed by atoms with Crippen LogP contribution in [0.2, 0.25) is 5.28 Å². The summed E-state index contributed by atoms with van der Waals surface area (Å²) in [6.07, 6.45) is 0. The van der Waals surface area contributed by atoms with Gasteiger partial charge in [0.15, 0.2) is 0 Å². The van der Waals surface area contributed by atoms with Crippen molar-refractivity contribution in [1.82, 2.24) is 15.0 Å². The first kappa shape index (κ1) is 16.5. The van der Waals surface area contributed by atoms with E-state index in [0.717, 1.165) is 27.7 Å². The highest BCUT2D eigenvalue weighted by atomic mass is 79.9. The molecule has 0 spiro atoms. The number of hydrogen-bond donors (Lipinski definition) is 1. The molecule has 0 aliphatic carbocycles. The molecule has 21 heavy (non-hydrogen) atoms. The maximum absolute atomic E-state index is 6.00. The Bertz CT molecular complexity index is 614. The van der Waals surface area contributed by atoms with Crippen molar-refractivity contribution in [2.45, 2.75) is 13.8 Å². The van der Waals surface area contributed by atoms with Crippen molar-refractivity contribution in [2.75, 3.05) is 23.3 Å². The minimum atomic E-state index is 0.164. The lowest BCUT2D eigenvalue weighted by Crippen LogP contribution is -2.24. The maximum atomic E-state index is 6.00. The molecule has 0 radical (unpaired) electrons. The number of para-hydroxylation sites is 1. The van der Waals surface area contributed by atoms with Crippen LogP contribution in [-0.4, -0.2) is 28.0 Å². The Morgan fingerprint density at radius 2 is 1.71 bits per heavy atom. The Hall–Kier alpha value is -0.920. The molecule has 1 aromatic heterocycles. The first-order chi connectivity index (χ1) is 10.0. The van der Waals surface area contributed by atoms with Crippen LogP contribution in [0.5, 0.6) is 0 Å². The third-order valence-electron chi connectivity index (χ3n) is 2.84. The molecule has 0 aliphatic rings. The van der Waals surface area contributed by atoms with E-state index in [2.05, 4.69) is 52.1 Å². The van der Waals surface area contributed by atoms with Crippen molar-refractivity contribution < 1.29 is 0 Å². The number of halogens is 3. The third-order valence-corrected chi connectivity index (χ3v) is 4.33. The van der Waals surface area contributed by atoms with Crippen LogP contribution < -0.4 is 10.2 Å². The number of nitrogens with one attached hydrogen (secondary N) is 1. The number of nitrogens with zero attached hydrogens (tertiary/aromatic N) is 4. The van der Waals surface area contributed by atoms with Gasteiger partial charge in [0.1, 0.15) is 0 Å². The van der Waals surface area contributed by atoms with Crippen LogP contribution >= 0.6 is 43.5 Å². The van der Waals surface area contributed by atoms with Crippen LogP contribution in [0.15, 0.2) is 27.1 Å². The summed E-state index contributed by atoms with van der Waals surface area (Å²) in [5.74, 6) is 0.968. The van der Waals surface area contributed by atoms with E-state index in [1.165, 1.54) is 0 Å². The molecule has 0 amide bonds. The van der Waals surface area contributed by atoms with Gasteiger partial charge in [0.2, 0.25) is 17.2 Å². The minimum Gasteiger partial charge on any atom is -0.341 e. The van der Waals surface area contributed by atoms with Crippen LogP contribution in [0.1, 0.15) is 13.8 Å². The van der Waals surface area contributed by atoms with Gasteiger partial charge in [0.25, 0.3) is 0 Å². The molecule has 8 heteroatoms. The number of anilines is 3. The maximum Gasteiger partial charge on any atom is 0.233 e. The third kappa shape index (κ3) is 4.05. The standard InChI is InChI=1S/C13H14Br2ClN5/c1-3-21(4-2)13-19-11(16)18-12(20-13)17-10-8(14)6-5-7-9(10)15/h5-7H,3-4H2,1-2H3,(H,17,18,19,20). The number of aromatic nitrogens is 3. The zero-order chi connectivity index (χ0) is 15.4. The fourth-order valence-corrected chi connectivity index (χ4v) is 3.12. The fraction of sp³-hybridized carbons (Fsp3) is 0.308. The van der Waals surface area contributed by atoms with Crippen LogP contribution in [0, 0.1) is 0 Å². The molecule has 1 N–H and O–H groups in total. The Morgan fingerprint density at radius 3 is 2.29 bits per heavy atom. The normalized spacial score (nSPS) is 10.5. The molecule has 0 fully saturated rings. The summed E-state index contributed by atoms with van der Waals surface area (Å²) >= 11 is 13.0. The second kappa shape index (κ2) is 7.38. The molecule has 0 unspecified atom stereocenters. The monoisotopic (exact) mass is 433 g/mol. The zero-order valence-electron chi connectivity index (χ0n) is 11.6. The summed E-state index contributed by atoms with van der Waals surface area (Å²) in [5, 5.41) is 3.32. The fourth-order valence-electron chi connectivity index (χ4n) is 1.77. The van der Waals surface area contributed by atoms with E-state index < -0.39 is 0 Å². The molecule has 0 atom stereocenters. The molecule has 0 saturated heterocycles. The van der Waals surface area contributed by atoms with Gasteiger partial charge in [-0.15, -0.1) is 0 Å². The molecular weight excluding hydrogens is 421 g/mol. The molecule has 112 valence electrons. The van der Waals surface area contributed by atoms with Gasteiger partial charge < -0.3 is 10.2 Å². The summed E-state index contributed by atoms with van der Waals surface area (Å²) in [5.41, 5.74) is 0.838. The highest BCUT2D eigenvalue weighted by Gasteiger charge is 2.12. The zero-order valence-corrected chi connectivity index (χ0v) is 15.5. The topological polar surface area (TPSA) is 53.9 Å². The molecule has 2 aromatic rings. The van der Waals surface area contributed by atoms with Crippen molar-refractivity contribution in [3.63, 3.8) is 0 Å². The molecule has 2 rings (SSSR count). The molecule has 0 aliphatic heterocycles. The van der Waals surface area contributed by atoms with Crippen molar-refractivity contribution in [2.24, 2.45) is 0 Å². The molecule has 5 nitrogen and oxygen atoms in total. The quantitative estimate of drug-likeness (QED) is 0.742. The van der Waals surface area contributed by atoms with Gasteiger partial charge in [-0.2, -0.15) is 15.0 Å². The van der Waals surface area contributed by atoms with E-state index >= 15 is 0 Å². The average molecular weight is 436 g/mol. The second-order valence-corrected chi connectivity index (χ2v) is 6.17. The van der Waals surface area contributed by atoms with Gasteiger partial charge in [0, 0.05) is 22.0 Å². The Morgan fingerprint density at radius 1 is 1.10 bits per heavy atom. The van der Waals surface area contributed by atoms with Crippen LogP contribution in [0.4, 0.5) is 17.6 Å².